The van der Waals surface area contributed by atoms with Crippen molar-refractivity contribution in [3.63, 3.8) is 0 Å². The molecule has 2 atom stereocenters. The molecule has 3 heterocycles. The lowest BCUT2D eigenvalue weighted by Gasteiger charge is -2.28. The first kappa shape index (κ1) is 28.4. The van der Waals surface area contributed by atoms with E-state index in [9.17, 15) is 8.42 Å². The van der Waals surface area contributed by atoms with Gasteiger partial charge in [-0.2, -0.15) is 0 Å². The van der Waals surface area contributed by atoms with Crippen LogP contribution in [-0.2, 0) is 15.8 Å². The number of sulfonamides is 1. The fourth-order valence-electron chi connectivity index (χ4n) is 4.68. The zero-order chi connectivity index (χ0) is 29.0. The minimum Gasteiger partial charge on any atom is -0.438 e. The Balaban J connectivity index is 1.38. The van der Waals surface area contributed by atoms with E-state index in [1.165, 1.54) is 13.1 Å². The van der Waals surface area contributed by atoms with Gasteiger partial charge in [-0.3, -0.25) is 4.72 Å². The molecule has 4 aromatic rings. The summed E-state index contributed by atoms with van der Waals surface area (Å²) in [4.78, 5) is 13.2. The molecule has 2 aromatic carbocycles. The number of halogens is 2. The molecule has 0 amide bonds. The molecule has 214 valence electrons. The van der Waals surface area contributed by atoms with Gasteiger partial charge < -0.3 is 15.4 Å². The van der Waals surface area contributed by atoms with Gasteiger partial charge in [-0.15, -0.1) is 0 Å². The van der Waals surface area contributed by atoms with Crippen LogP contribution in [0.3, 0.4) is 0 Å². The first-order valence-corrected chi connectivity index (χ1v) is 14.8. The molecule has 1 aliphatic heterocycles. The highest BCUT2D eigenvalue weighted by Gasteiger charge is 2.24. The molecule has 0 radical (unpaired) electrons. The van der Waals surface area contributed by atoms with Crippen molar-refractivity contribution in [1.29, 1.82) is 0 Å². The van der Waals surface area contributed by atoms with Crippen LogP contribution >= 0.6 is 0 Å². The van der Waals surface area contributed by atoms with Crippen LogP contribution in [0.25, 0.3) is 11.3 Å². The number of anilines is 2. The van der Waals surface area contributed by atoms with Crippen molar-refractivity contribution < 1.29 is 21.9 Å². The number of pyridine rings is 1. The third-order valence-electron chi connectivity index (χ3n) is 6.69. The van der Waals surface area contributed by atoms with Gasteiger partial charge in [0.2, 0.25) is 21.9 Å². The van der Waals surface area contributed by atoms with Crippen molar-refractivity contribution >= 4 is 21.7 Å². The highest BCUT2D eigenvalue weighted by Crippen LogP contribution is 2.36. The molecule has 0 spiro atoms. The Morgan fingerprint density at radius 3 is 2.63 bits per heavy atom. The van der Waals surface area contributed by atoms with E-state index in [0.717, 1.165) is 25.6 Å². The Kier molecular flexibility index (Phi) is 8.41. The molecule has 3 N–H and O–H groups in total. The van der Waals surface area contributed by atoms with E-state index in [1.807, 2.05) is 4.72 Å². The van der Waals surface area contributed by atoms with Gasteiger partial charge in [-0.25, -0.2) is 32.2 Å². The van der Waals surface area contributed by atoms with E-state index in [1.54, 1.807) is 54.7 Å². The van der Waals surface area contributed by atoms with Gasteiger partial charge >= 0.3 is 0 Å². The van der Waals surface area contributed by atoms with Gasteiger partial charge in [0.15, 0.2) is 11.6 Å². The van der Waals surface area contributed by atoms with Crippen LogP contribution in [0.5, 0.6) is 11.6 Å². The van der Waals surface area contributed by atoms with E-state index in [0.29, 0.717) is 28.7 Å². The molecular weight excluding hydrogens is 550 g/mol. The molecule has 12 heteroatoms. The van der Waals surface area contributed by atoms with E-state index >= 15 is 8.78 Å². The highest BCUT2D eigenvalue weighted by molar-refractivity contribution is 7.91. The third-order valence-corrected chi connectivity index (χ3v) is 7.91. The van der Waals surface area contributed by atoms with Gasteiger partial charge in [0.25, 0.3) is 0 Å². The molecule has 1 saturated heterocycles. The molecule has 5 rings (SSSR count). The number of nitrogens with zero attached hydrogens (tertiary/aromatic N) is 3. The standard InChI is InChI=1S/C29H30F2N6O3S/c1-18-13-21(16-32-15-18)35-29-34-12-10-24(36-29)22-9-6-11-33-28(22)40-25-14-23(30)27(26(31)19(25)2)37-41(38,39)17-20-7-4-3-5-8-20/h3-12,14,18,21,32,37H,13,15-17H2,1-2H3,(H,34,35,36)/t18-,21?/m1/s1. The molecule has 1 unspecified atom stereocenters. The lowest BCUT2D eigenvalue weighted by Crippen LogP contribution is -2.42. The smallest absolute Gasteiger partial charge is 0.237 e. The molecule has 2 aromatic heterocycles. The summed E-state index contributed by atoms with van der Waals surface area (Å²) in [5.41, 5.74) is 0.606. The van der Waals surface area contributed by atoms with E-state index in [-0.39, 0.29) is 23.2 Å². The number of ether oxygens (including phenoxy) is 1. The SMILES string of the molecule is Cc1c(Oc2ncccc2-c2ccnc(NC3CNC[C@H](C)C3)n2)cc(F)c(NS(=O)(=O)Cc2ccccc2)c1F. The summed E-state index contributed by atoms with van der Waals surface area (Å²) >= 11 is 0. The minimum absolute atomic E-state index is 0.0735. The number of aromatic nitrogens is 3. The van der Waals surface area contributed by atoms with Crippen LogP contribution in [0.1, 0.15) is 24.5 Å². The molecule has 0 saturated carbocycles. The minimum atomic E-state index is -4.09. The van der Waals surface area contributed by atoms with E-state index in [2.05, 4.69) is 32.5 Å². The predicted molar refractivity (Wildman–Crippen MR) is 153 cm³/mol. The number of benzene rings is 2. The number of rotatable bonds is 9. The van der Waals surface area contributed by atoms with Crippen molar-refractivity contribution in [3.8, 4) is 22.9 Å². The Morgan fingerprint density at radius 2 is 1.85 bits per heavy atom. The van der Waals surface area contributed by atoms with Crippen LogP contribution < -0.4 is 20.1 Å². The topological polar surface area (TPSA) is 118 Å². The predicted octanol–water partition coefficient (Wildman–Crippen LogP) is 5.27. The summed E-state index contributed by atoms with van der Waals surface area (Å²) in [7, 11) is -4.09. The number of nitrogens with one attached hydrogen (secondary N) is 3. The molecule has 1 aliphatic rings. The summed E-state index contributed by atoms with van der Waals surface area (Å²) in [5.74, 6) is -1.76. The average molecular weight is 581 g/mol. The van der Waals surface area contributed by atoms with Gasteiger partial charge in [0.05, 0.1) is 17.0 Å². The second-order valence-corrected chi connectivity index (χ2v) is 11.8. The van der Waals surface area contributed by atoms with Gasteiger partial charge in [0.1, 0.15) is 11.4 Å². The van der Waals surface area contributed by atoms with E-state index in [4.69, 9.17) is 4.74 Å². The Labute approximate surface area is 237 Å². The molecule has 1 fully saturated rings. The molecule has 9 nitrogen and oxygen atoms in total. The summed E-state index contributed by atoms with van der Waals surface area (Å²) in [6, 6.07) is 14.6. The molecular formula is C29H30F2N6O3S. The summed E-state index contributed by atoms with van der Waals surface area (Å²) < 4.78 is 63.6. The van der Waals surface area contributed by atoms with Gasteiger partial charge in [0, 0.05) is 36.6 Å². The fourth-order valence-corrected chi connectivity index (χ4v) is 5.88. The number of hydrogen-bond donors (Lipinski definition) is 3. The van der Waals surface area contributed by atoms with Gasteiger partial charge in [-0.05, 0) is 49.6 Å². The van der Waals surface area contributed by atoms with E-state index < -0.39 is 33.1 Å². The van der Waals surface area contributed by atoms with Crippen molar-refractivity contribution in [2.45, 2.75) is 32.1 Å². The van der Waals surface area contributed by atoms with Crippen LogP contribution in [0.4, 0.5) is 20.4 Å². The van der Waals surface area contributed by atoms with Crippen LogP contribution in [0.2, 0.25) is 0 Å². The molecule has 0 aliphatic carbocycles. The molecule has 41 heavy (non-hydrogen) atoms. The first-order valence-electron chi connectivity index (χ1n) is 13.1. The zero-order valence-electron chi connectivity index (χ0n) is 22.6. The molecule has 0 bridgehead atoms. The Morgan fingerprint density at radius 1 is 1.05 bits per heavy atom. The highest BCUT2D eigenvalue weighted by atomic mass is 32.2. The fraction of sp³-hybridized carbons (Fsp3) is 0.276. The normalized spacial score (nSPS) is 17.2. The third kappa shape index (κ3) is 6.95. The quantitative estimate of drug-likeness (QED) is 0.245. The lowest BCUT2D eigenvalue weighted by molar-refractivity contribution is 0.377. The largest absolute Gasteiger partial charge is 0.438 e. The Bertz CT molecular complexity index is 1640. The van der Waals surface area contributed by atoms with Crippen LogP contribution in [0, 0.1) is 24.5 Å². The summed E-state index contributed by atoms with van der Waals surface area (Å²) in [6.45, 7) is 5.32. The van der Waals surface area contributed by atoms with Crippen LogP contribution in [-0.4, -0.2) is 42.5 Å². The lowest BCUT2D eigenvalue weighted by atomic mass is 9.98. The monoisotopic (exact) mass is 580 g/mol. The Hall–Kier alpha value is -4.16. The second kappa shape index (κ2) is 12.1. The number of piperidine rings is 1. The number of hydrogen-bond acceptors (Lipinski definition) is 8. The maximum absolute atomic E-state index is 15.3. The average Bonchev–Trinajstić information content (AvgIpc) is 2.95. The first-order chi connectivity index (χ1) is 19.7. The summed E-state index contributed by atoms with van der Waals surface area (Å²) in [5, 5.41) is 6.74. The van der Waals surface area contributed by atoms with Crippen molar-refractivity contribution in [3.05, 3.63) is 89.8 Å². The van der Waals surface area contributed by atoms with Crippen molar-refractivity contribution in [1.82, 2.24) is 20.3 Å². The van der Waals surface area contributed by atoms with Crippen molar-refractivity contribution in [2.75, 3.05) is 23.1 Å². The second-order valence-electron chi connectivity index (χ2n) is 10.1. The summed E-state index contributed by atoms with van der Waals surface area (Å²) in [6.07, 6.45) is 4.08. The maximum atomic E-state index is 15.3. The zero-order valence-corrected chi connectivity index (χ0v) is 23.4. The van der Waals surface area contributed by atoms with Crippen LogP contribution in [0.15, 0.2) is 67.0 Å². The van der Waals surface area contributed by atoms with Gasteiger partial charge in [-0.1, -0.05) is 37.3 Å². The maximum Gasteiger partial charge on any atom is 0.237 e. The van der Waals surface area contributed by atoms with Crippen molar-refractivity contribution in [2.24, 2.45) is 5.92 Å².